The van der Waals surface area contributed by atoms with Gasteiger partial charge in [-0.25, -0.2) is 15.0 Å². The predicted octanol–water partition coefficient (Wildman–Crippen LogP) is 3.38. The molecule has 0 unspecified atom stereocenters. The molecule has 0 aromatic carbocycles. The molecule has 4 heterocycles. The highest BCUT2D eigenvalue weighted by atomic mass is 19.1. The van der Waals surface area contributed by atoms with Gasteiger partial charge >= 0.3 is 0 Å². The maximum atomic E-state index is 12.9. The van der Waals surface area contributed by atoms with E-state index in [1.54, 1.807) is 6.07 Å². The monoisotopic (exact) mass is 307 g/mol. The normalized spacial score (nSPS) is 11.3. The second kappa shape index (κ2) is 5.01. The molecule has 0 aliphatic carbocycles. The molecule has 4 aromatic rings. The Kier molecular flexibility index (Phi) is 2.97. The maximum absolute atomic E-state index is 12.9. The van der Waals surface area contributed by atoms with Crippen molar-refractivity contribution in [2.24, 2.45) is 0 Å². The topological polar surface area (TPSA) is 57.7 Å². The second-order valence-corrected chi connectivity index (χ2v) is 5.57. The Labute approximate surface area is 131 Å². The number of H-pyrrole nitrogens is 1. The summed E-state index contributed by atoms with van der Waals surface area (Å²) in [6.45, 7) is 0. The molecular formula is C17H14FN5. The van der Waals surface area contributed by atoms with Crippen LogP contribution in [-0.2, 0) is 0 Å². The van der Waals surface area contributed by atoms with Gasteiger partial charge in [0.1, 0.15) is 11.5 Å². The highest BCUT2D eigenvalue weighted by Crippen LogP contribution is 2.28. The number of aromatic nitrogens is 4. The molecule has 0 radical (unpaired) electrons. The predicted molar refractivity (Wildman–Crippen MR) is 88.9 cm³/mol. The van der Waals surface area contributed by atoms with Crippen molar-refractivity contribution in [1.29, 1.82) is 0 Å². The lowest BCUT2D eigenvalue weighted by molar-refractivity contribution is 0.584. The molecule has 1 N–H and O–H groups in total. The number of aromatic amines is 1. The molecule has 0 saturated carbocycles. The van der Waals surface area contributed by atoms with Crippen LogP contribution in [0, 0.1) is 5.95 Å². The number of fused-ring (bicyclic) bond motifs is 3. The zero-order chi connectivity index (χ0) is 16.0. The minimum absolute atomic E-state index is 0.497. The lowest BCUT2D eigenvalue weighted by Gasteiger charge is -2.10. The van der Waals surface area contributed by atoms with Crippen LogP contribution in [0.3, 0.4) is 0 Å². The smallest absolute Gasteiger partial charge is 0.212 e. The molecule has 0 aliphatic rings. The van der Waals surface area contributed by atoms with Gasteiger partial charge in [0.05, 0.1) is 11.2 Å². The summed E-state index contributed by atoms with van der Waals surface area (Å²) in [6, 6.07) is 8.90. The Morgan fingerprint density at radius 1 is 1.00 bits per heavy atom. The average Bonchev–Trinajstić information content (AvgIpc) is 2.92. The van der Waals surface area contributed by atoms with Crippen LogP contribution in [0.5, 0.6) is 0 Å². The van der Waals surface area contributed by atoms with Crippen LogP contribution in [0.2, 0.25) is 0 Å². The molecule has 4 rings (SSSR count). The van der Waals surface area contributed by atoms with Crippen LogP contribution in [0.15, 0.2) is 42.7 Å². The van der Waals surface area contributed by atoms with Crippen LogP contribution in [-0.4, -0.2) is 34.0 Å². The van der Waals surface area contributed by atoms with Gasteiger partial charge in [-0.3, -0.25) is 0 Å². The van der Waals surface area contributed by atoms with E-state index in [1.165, 1.54) is 12.3 Å². The van der Waals surface area contributed by atoms with E-state index < -0.39 is 5.95 Å². The van der Waals surface area contributed by atoms with E-state index in [0.29, 0.717) is 0 Å². The van der Waals surface area contributed by atoms with Crippen molar-refractivity contribution in [2.45, 2.75) is 0 Å². The van der Waals surface area contributed by atoms with Gasteiger partial charge in [-0.05, 0) is 24.3 Å². The van der Waals surface area contributed by atoms with E-state index in [4.69, 9.17) is 0 Å². The van der Waals surface area contributed by atoms with E-state index in [9.17, 15) is 4.39 Å². The van der Waals surface area contributed by atoms with E-state index in [0.717, 1.165) is 39.0 Å². The number of hydrogen-bond donors (Lipinski definition) is 1. The Balaban J connectivity index is 1.88. The minimum Gasteiger partial charge on any atom is -0.363 e. The van der Waals surface area contributed by atoms with Crippen LogP contribution in [0.1, 0.15) is 0 Å². The quantitative estimate of drug-likeness (QED) is 0.577. The Bertz CT molecular complexity index is 1000. The van der Waals surface area contributed by atoms with Crippen LogP contribution < -0.4 is 4.90 Å². The summed E-state index contributed by atoms with van der Waals surface area (Å²) in [5.74, 6) is 0.384. The first-order chi connectivity index (χ1) is 11.1. The van der Waals surface area contributed by atoms with Crippen molar-refractivity contribution in [1.82, 2.24) is 19.9 Å². The molecule has 0 bridgehead atoms. The first-order valence-electron chi connectivity index (χ1n) is 7.19. The lowest BCUT2D eigenvalue weighted by atomic mass is 10.1. The molecule has 0 saturated heterocycles. The highest BCUT2D eigenvalue weighted by molar-refractivity contribution is 6.06. The van der Waals surface area contributed by atoms with Crippen molar-refractivity contribution in [2.75, 3.05) is 19.0 Å². The van der Waals surface area contributed by atoms with E-state index in [-0.39, 0.29) is 0 Å². The fourth-order valence-corrected chi connectivity index (χ4v) is 2.59. The Morgan fingerprint density at radius 2 is 1.87 bits per heavy atom. The molecule has 4 aromatic heterocycles. The number of nitrogens with zero attached hydrogens (tertiary/aromatic N) is 4. The summed E-state index contributed by atoms with van der Waals surface area (Å²) < 4.78 is 12.9. The second-order valence-electron chi connectivity index (χ2n) is 5.57. The molecular weight excluding hydrogens is 293 g/mol. The van der Waals surface area contributed by atoms with E-state index in [2.05, 4.69) is 19.9 Å². The fourth-order valence-electron chi connectivity index (χ4n) is 2.59. The third-order valence-corrected chi connectivity index (χ3v) is 3.81. The van der Waals surface area contributed by atoms with Gasteiger partial charge in [-0.15, -0.1) is 0 Å². The fraction of sp³-hybridized carbons (Fsp3) is 0.118. The third-order valence-electron chi connectivity index (χ3n) is 3.81. The van der Waals surface area contributed by atoms with Crippen molar-refractivity contribution in [3.05, 3.63) is 48.7 Å². The van der Waals surface area contributed by atoms with Crippen molar-refractivity contribution < 1.29 is 4.39 Å². The molecule has 0 atom stereocenters. The molecule has 6 heteroatoms. The van der Waals surface area contributed by atoms with Gasteiger partial charge in [0.25, 0.3) is 0 Å². The van der Waals surface area contributed by atoms with Gasteiger partial charge < -0.3 is 9.88 Å². The Hall–Kier alpha value is -3.02. The number of hydrogen-bond acceptors (Lipinski definition) is 4. The molecule has 0 fully saturated rings. The van der Waals surface area contributed by atoms with Gasteiger partial charge in [-0.2, -0.15) is 4.39 Å². The highest BCUT2D eigenvalue weighted by Gasteiger charge is 2.09. The zero-order valence-electron chi connectivity index (χ0n) is 12.7. The number of rotatable bonds is 2. The molecule has 23 heavy (non-hydrogen) atoms. The van der Waals surface area contributed by atoms with Crippen molar-refractivity contribution in [3.8, 4) is 11.3 Å². The summed E-state index contributed by atoms with van der Waals surface area (Å²) in [5.41, 5.74) is 3.29. The number of anilines is 1. The van der Waals surface area contributed by atoms with Crippen molar-refractivity contribution in [3.63, 3.8) is 0 Å². The van der Waals surface area contributed by atoms with Crippen LogP contribution in [0.25, 0.3) is 33.2 Å². The first kappa shape index (κ1) is 13.6. The van der Waals surface area contributed by atoms with Gasteiger partial charge in [0, 0.05) is 48.9 Å². The summed E-state index contributed by atoms with van der Waals surface area (Å²) in [4.78, 5) is 18.0. The van der Waals surface area contributed by atoms with Crippen LogP contribution >= 0.6 is 0 Å². The summed E-state index contributed by atoms with van der Waals surface area (Å²) >= 11 is 0. The Morgan fingerprint density at radius 3 is 2.61 bits per heavy atom. The minimum atomic E-state index is -0.497. The van der Waals surface area contributed by atoms with Gasteiger partial charge in [0.2, 0.25) is 5.95 Å². The average molecular weight is 307 g/mol. The number of pyridine rings is 3. The molecule has 5 nitrogen and oxygen atoms in total. The largest absolute Gasteiger partial charge is 0.363 e. The summed E-state index contributed by atoms with van der Waals surface area (Å²) in [6.07, 6.45) is 3.34. The van der Waals surface area contributed by atoms with E-state index >= 15 is 0 Å². The zero-order valence-corrected chi connectivity index (χ0v) is 12.7. The summed E-state index contributed by atoms with van der Waals surface area (Å²) in [7, 11) is 3.91. The number of halogens is 1. The maximum Gasteiger partial charge on any atom is 0.212 e. The lowest BCUT2D eigenvalue weighted by Crippen LogP contribution is -2.09. The standard InChI is InChI=1S/C17H14FN5/c1-23(2)16-7-14-12(9-20-16)11-4-5-13(21-17(11)22-14)10-3-6-15(18)19-8-10/h3-9H,1-2H3,(H,21,22). The molecule has 0 amide bonds. The van der Waals surface area contributed by atoms with Gasteiger partial charge in [0.15, 0.2) is 0 Å². The van der Waals surface area contributed by atoms with E-state index in [1.807, 2.05) is 43.4 Å². The summed E-state index contributed by atoms with van der Waals surface area (Å²) in [5, 5.41) is 2.04. The van der Waals surface area contributed by atoms with Crippen LogP contribution in [0.4, 0.5) is 10.2 Å². The van der Waals surface area contributed by atoms with Gasteiger partial charge in [-0.1, -0.05) is 0 Å². The SMILES string of the molecule is CN(C)c1cc2[nH]c3nc(-c4ccc(F)nc4)ccc3c2cn1. The third kappa shape index (κ3) is 2.28. The molecule has 0 spiro atoms. The number of nitrogens with one attached hydrogen (secondary N) is 1. The van der Waals surface area contributed by atoms with Crippen molar-refractivity contribution >= 4 is 27.8 Å². The molecule has 114 valence electrons. The molecule has 0 aliphatic heterocycles. The first-order valence-corrected chi connectivity index (χ1v) is 7.19.